The molecule has 0 radical (unpaired) electrons. The van der Waals surface area contributed by atoms with Crippen LogP contribution < -0.4 is 14.8 Å². The Bertz CT molecular complexity index is 1040. The minimum atomic E-state index is -0.314. The summed E-state index contributed by atoms with van der Waals surface area (Å²) in [4.78, 5) is 26.4. The van der Waals surface area contributed by atoms with Crippen molar-refractivity contribution in [2.45, 2.75) is 0 Å². The summed E-state index contributed by atoms with van der Waals surface area (Å²) in [5, 5.41) is 3.32. The number of thioether (sulfide) groups is 1. The molecule has 1 aliphatic heterocycles. The fourth-order valence-corrected chi connectivity index (χ4v) is 4.61. The molecule has 2 aromatic rings. The Labute approximate surface area is 202 Å². The number of hydrogen-bond donors (Lipinski definition) is 1. The van der Waals surface area contributed by atoms with Gasteiger partial charge in [0.05, 0.1) is 15.6 Å². The van der Waals surface area contributed by atoms with Crippen molar-refractivity contribution in [1.82, 2.24) is 4.90 Å². The van der Waals surface area contributed by atoms with Gasteiger partial charge in [-0.25, -0.2) is 0 Å². The molecular weight excluding hydrogens is 559 g/mol. The van der Waals surface area contributed by atoms with Crippen molar-refractivity contribution in [1.29, 1.82) is 0 Å². The van der Waals surface area contributed by atoms with Gasteiger partial charge in [-0.3, -0.25) is 14.5 Å². The van der Waals surface area contributed by atoms with Crippen LogP contribution >= 0.6 is 58.2 Å². The third-order valence-electron chi connectivity index (χ3n) is 4.01. The molecule has 1 N–H and O–H groups in total. The lowest BCUT2D eigenvalue weighted by Crippen LogP contribution is -2.22. The summed E-state index contributed by atoms with van der Waals surface area (Å²) < 4.78 is 12.4. The van der Waals surface area contributed by atoms with E-state index in [9.17, 15) is 9.59 Å². The maximum Gasteiger partial charge on any atom is 0.265 e. The molecule has 3 rings (SSSR count). The Morgan fingerprint density at radius 2 is 2.03 bits per heavy atom. The maximum atomic E-state index is 12.2. The first kappa shape index (κ1) is 22.9. The standard InChI is InChI=1S/C20H16ClIN2O4S2/c1-24-19(26)16(30-20(24)29)9-11-7-14(22)18(15(8-11)27-2)28-10-17(25)23-13-5-3-12(21)4-6-13/h3-9H,10H2,1-2H3,(H,23,25)/b16-9-. The zero-order valence-corrected chi connectivity index (χ0v) is 20.4. The number of carbonyl (C=O) groups excluding carboxylic acids is 2. The van der Waals surface area contributed by atoms with E-state index >= 15 is 0 Å². The number of halogens is 2. The van der Waals surface area contributed by atoms with Crippen molar-refractivity contribution in [2.24, 2.45) is 0 Å². The van der Waals surface area contributed by atoms with E-state index in [2.05, 4.69) is 27.9 Å². The summed E-state index contributed by atoms with van der Waals surface area (Å²) >= 11 is 14.3. The molecule has 1 fully saturated rings. The monoisotopic (exact) mass is 574 g/mol. The molecule has 6 nitrogen and oxygen atoms in total. The largest absolute Gasteiger partial charge is 0.493 e. The molecule has 0 spiro atoms. The van der Waals surface area contributed by atoms with Crippen LogP contribution in [0, 0.1) is 3.57 Å². The normalized spacial score (nSPS) is 14.9. The molecule has 10 heteroatoms. The van der Waals surface area contributed by atoms with E-state index in [0.717, 1.165) is 9.13 Å². The summed E-state index contributed by atoms with van der Waals surface area (Å²) in [6, 6.07) is 10.4. The minimum absolute atomic E-state index is 0.141. The summed E-state index contributed by atoms with van der Waals surface area (Å²) in [6.07, 6.45) is 1.75. The molecule has 2 amide bonds. The molecule has 1 aliphatic rings. The number of methoxy groups -OCH3 is 1. The van der Waals surface area contributed by atoms with Crippen molar-refractivity contribution < 1.29 is 19.1 Å². The van der Waals surface area contributed by atoms with Crippen LogP contribution in [0.1, 0.15) is 5.56 Å². The van der Waals surface area contributed by atoms with Gasteiger partial charge in [-0.1, -0.05) is 35.6 Å². The highest BCUT2D eigenvalue weighted by atomic mass is 127. The first-order valence-corrected chi connectivity index (χ1v) is 11.2. The molecule has 1 heterocycles. The summed E-state index contributed by atoms with van der Waals surface area (Å²) in [6.45, 7) is -0.192. The Kier molecular flexibility index (Phi) is 7.61. The number of likely N-dealkylation sites (N-methyl/N-ethyl adjacent to an activating group) is 1. The molecule has 0 saturated carbocycles. The van der Waals surface area contributed by atoms with Crippen LogP contribution in [-0.2, 0) is 9.59 Å². The number of carbonyl (C=O) groups is 2. The zero-order valence-electron chi connectivity index (χ0n) is 15.9. The third-order valence-corrected chi connectivity index (χ3v) is 6.55. The number of hydrogen-bond acceptors (Lipinski definition) is 6. The third kappa shape index (κ3) is 5.45. The predicted octanol–water partition coefficient (Wildman–Crippen LogP) is 4.80. The fraction of sp³-hybridized carbons (Fsp3) is 0.150. The molecule has 0 atom stereocenters. The Hall–Kier alpha value is -1.82. The van der Waals surface area contributed by atoms with E-state index in [1.165, 1.54) is 23.8 Å². The zero-order chi connectivity index (χ0) is 21.8. The van der Waals surface area contributed by atoms with Crippen LogP contribution in [0.2, 0.25) is 5.02 Å². The SMILES string of the molecule is COc1cc(/C=C2\SC(=S)N(C)C2=O)cc(I)c1OCC(=O)Nc1ccc(Cl)cc1. The minimum Gasteiger partial charge on any atom is -0.493 e. The van der Waals surface area contributed by atoms with Crippen molar-refractivity contribution in [3.63, 3.8) is 0 Å². The number of ether oxygens (including phenoxy) is 2. The van der Waals surface area contributed by atoms with E-state index < -0.39 is 0 Å². The highest BCUT2D eigenvalue weighted by molar-refractivity contribution is 14.1. The number of anilines is 1. The number of rotatable bonds is 6. The second kappa shape index (κ2) is 9.99. The summed E-state index contributed by atoms with van der Waals surface area (Å²) in [7, 11) is 3.16. The number of nitrogens with one attached hydrogen (secondary N) is 1. The highest BCUT2D eigenvalue weighted by Gasteiger charge is 2.28. The number of thiocarbonyl (C=S) groups is 1. The predicted molar refractivity (Wildman–Crippen MR) is 132 cm³/mol. The molecule has 0 aromatic heterocycles. The smallest absolute Gasteiger partial charge is 0.265 e. The quantitative estimate of drug-likeness (QED) is 0.304. The molecule has 30 heavy (non-hydrogen) atoms. The Balaban J connectivity index is 1.73. The summed E-state index contributed by atoms with van der Waals surface area (Å²) in [5.41, 5.74) is 1.39. The van der Waals surface area contributed by atoms with E-state index in [0.29, 0.717) is 31.4 Å². The van der Waals surface area contributed by atoms with Gasteiger partial charge in [-0.2, -0.15) is 0 Å². The average molecular weight is 575 g/mol. The van der Waals surface area contributed by atoms with Gasteiger partial charge in [0, 0.05) is 17.8 Å². The van der Waals surface area contributed by atoms with Gasteiger partial charge >= 0.3 is 0 Å². The number of benzene rings is 2. The van der Waals surface area contributed by atoms with Gasteiger partial charge < -0.3 is 14.8 Å². The van der Waals surface area contributed by atoms with E-state index in [1.807, 2.05) is 6.07 Å². The van der Waals surface area contributed by atoms with Crippen molar-refractivity contribution in [3.05, 3.63) is 55.5 Å². The van der Waals surface area contributed by atoms with Gasteiger partial charge in [-0.05, 0) is 70.6 Å². The maximum absolute atomic E-state index is 12.2. The van der Waals surface area contributed by atoms with Gasteiger partial charge in [0.2, 0.25) is 0 Å². The van der Waals surface area contributed by atoms with Gasteiger partial charge in [0.25, 0.3) is 11.8 Å². The molecular formula is C20H16ClIN2O4S2. The van der Waals surface area contributed by atoms with E-state index in [4.69, 9.17) is 33.3 Å². The lowest BCUT2D eigenvalue weighted by atomic mass is 10.2. The first-order chi connectivity index (χ1) is 14.3. The van der Waals surface area contributed by atoms with Crippen LogP contribution in [0.5, 0.6) is 11.5 Å². The van der Waals surface area contributed by atoms with Crippen LogP contribution in [0.15, 0.2) is 41.3 Å². The second-order valence-corrected chi connectivity index (χ2v) is 9.39. The molecule has 156 valence electrons. The summed E-state index contributed by atoms with van der Waals surface area (Å²) in [5.74, 6) is 0.452. The van der Waals surface area contributed by atoms with E-state index in [1.54, 1.807) is 43.5 Å². The molecule has 0 bridgehead atoms. The molecule has 2 aromatic carbocycles. The topological polar surface area (TPSA) is 67.9 Å². The fourth-order valence-electron chi connectivity index (χ4n) is 2.53. The van der Waals surface area contributed by atoms with Gasteiger partial charge in [0.1, 0.15) is 4.32 Å². The first-order valence-electron chi connectivity index (χ1n) is 8.56. The van der Waals surface area contributed by atoms with Crippen LogP contribution in [0.4, 0.5) is 5.69 Å². The number of nitrogens with zero attached hydrogens (tertiary/aromatic N) is 1. The van der Waals surface area contributed by atoms with Crippen molar-refractivity contribution in [3.8, 4) is 11.5 Å². The number of amides is 2. The molecule has 1 saturated heterocycles. The van der Waals surface area contributed by atoms with Crippen molar-refractivity contribution in [2.75, 3.05) is 26.1 Å². The molecule has 0 aliphatic carbocycles. The second-order valence-electron chi connectivity index (χ2n) is 6.12. The van der Waals surface area contributed by atoms with Gasteiger partial charge in [-0.15, -0.1) is 0 Å². The average Bonchev–Trinajstić information content (AvgIpc) is 2.95. The Morgan fingerprint density at radius 1 is 1.33 bits per heavy atom. The van der Waals surface area contributed by atoms with Crippen molar-refractivity contribution >= 4 is 86.1 Å². The lowest BCUT2D eigenvalue weighted by molar-refractivity contribution is -0.121. The highest BCUT2D eigenvalue weighted by Crippen LogP contribution is 2.37. The molecule has 0 unspecified atom stereocenters. The van der Waals surface area contributed by atoms with Crippen LogP contribution in [0.3, 0.4) is 0 Å². The van der Waals surface area contributed by atoms with Gasteiger partial charge in [0.15, 0.2) is 18.1 Å². The van der Waals surface area contributed by atoms with Crippen LogP contribution in [0.25, 0.3) is 6.08 Å². The lowest BCUT2D eigenvalue weighted by Gasteiger charge is -2.14. The van der Waals surface area contributed by atoms with Crippen LogP contribution in [-0.4, -0.2) is 41.8 Å². The Morgan fingerprint density at radius 3 is 2.63 bits per heavy atom. The van der Waals surface area contributed by atoms with E-state index in [-0.39, 0.29) is 18.4 Å².